The van der Waals surface area contributed by atoms with E-state index >= 15 is 0 Å². The summed E-state index contributed by atoms with van der Waals surface area (Å²) in [5.74, 6) is 1.76. The zero-order valence-corrected chi connectivity index (χ0v) is 9.90. The molecule has 0 aliphatic rings. The number of hydrogen-bond acceptors (Lipinski definition) is 4. The van der Waals surface area contributed by atoms with Gasteiger partial charge in [-0.1, -0.05) is 0 Å². The SMILES string of the molecule is COCCC(N)c1nnc(C)n1C(C)C. The fraction of sp³-hybridized carbons (Fsp3) is 0.800. The lowest BCUT2D eigenvalue weighted by Crippen LogP contribution is -2.20. The summed E-state index contributed by atoms with van der Waals surface area (Å²) < 4.78 is 7.07. The largest absolute Gasteiger partial charge is 0.385 e. The molecule has 0 fully saturated rings. The van der Waals surface area contributed by atoms with Gasteiger partial charge in [-0.3, -0.25) is 0 Å². The summed E-state index contributed by atoms with van der Waals surface area (Å²) in [7, 11) is 1.67. The van der Waals surface area contributed by atoms with Gasteiger partial charge in [0.1, 0.15) is 11.6 Å². The quantitative estimate of drug-likeness (QED) is 0.796. The lowest BCUT2D eigenvalue weighted by atomic mass is 10.2. The highest BCUT2D eigenvalue weighted by molar-refractivity contribution is 5.01. The van der Waals surface area contributed by atoms with Crippen molar-refractivity contribution in [3.63, 3.8) is 0 Å². The van der Waals surface area contributed by atoms with E-state index in [4.69, 9.17) is 10.5 Å². The van der Waals surface area contributed by atoms with Crippen LogP contribution in [0.4, 0.5) is 0 Å². The molecule has 1 aromatic heterocycles. The van der Waals surface area contributed by atoms with Crippen LogP contribution in [0, 0.1) is 6.92 Å². The van der Waals surface area contributed by atoms with Gasteiger partial charge in [-0.05, 0) is 27.2 Å². The van der Waals surface area contributed by atoms with Crippen molar-refractivity contribution in [1.29, 1.82) is 0 Å². The first kappa shape index (κ1) is 12.1. The molecule has 5 nitrogen and oxygen atoms in total. The third-order valence-corrected chi connectivity index (χ3v) is 2.37. The highest BCUT2D eigenvalue weighted by atomic mass is 16.5. The smallest absolute Gasteiger partial charge is 0.150 e. The average Bonchev–Trinajstić information content (AvgIpc) is 2.56. The first-order chi connectivity index (χ1) is 7.07. The van der Waals surface area contributed by atoms with Crippen molar-refractivity contribution in [2.24, 2.45) is 5.73 Å². The second kappa shape index (κ2) is 5.23. The molecule has 0 amide bonds. The van der Waals surface area contributed by atoms with Gasteiger partial charge in [0, 0.05) is 19.8 Å². The molecule has 0 aliphatic carbocycles. The van der Waals surface area contributed by atoms with Crippen LogP contribution in [-0.4, -0.2) is 28.5 Å². The molecule has 1 heterocycles. The normalized spacial score (nSPS) is 13.5. The molecule has 0 saturated carbocycles. The third-order valence-electron chi connectivity index (χ3n) is 2.37. The van der Waals surface area contributed by atoms with Gasteiger partial charge >= 0.3 is 0 Å². The van der Waals surface area contributed by atoms with Crippen molar-refractivity contribution < 1.29 is 4.74 Å². The molecular formula is C10H20N4O. The Kier molecular flexibility index (Phi) is 4.23. The Balaban J connectivity index is 2.83. The van der Waals surface area contributed by atoms with Gasteiger partial charge in [0.2, 0.25) is 0 Å². The zero-order chi connectivity index (χ0) is 11.4. The maximum Gasteiger partial charge on any atom is 0.150 e. The predicted octanol–water partition coefficient (Wildman–Crippen LogP) is 1.20. The van der Waals surface area contributed by atoms with Crippen LogP contribution in [0.25, 0.3) is 0 Å². The molecule has 1 rings (SSSR count). The summed E-state index contributed by atoms with van der Waals surface area (Å²) in [4.78, 5) is 0. The van der Waals surface area contributed by atoms with Gasteiger partial charge in [0.25, 0.3) is 0 Å². The topological polar surface area (TPSA) is 66.0 Å². The number of rotatable bonds is 5. The summed E-state index contributed by atoms with van der Waals surface area (Å²) >= 11 is 0. The zero-order valence-electron chi connectivity index (χ0n) is 9.90. The van der Waals surface area contributed by atoms with E-state index in [0.29, 0.717) is 12.6 Å². The molecule has 1 aromatic rings. The molecule has 0 bridgehead atoms. The van der Waals surface area contributed by atoms with E-state index < -0.39 is 0 Å². The van der Waals surface area contributed by atoms with Crippen molar-refractivity contribution in [3.8, 4) is 0 Å². The van der Waals surface area contributed by atoms with Gasteiger partial charge in [0.05, 0.1) is 6.04 Å². The Morgan fingerprint density at radius 1 is 1.40 bits per heavy atom. The summed E-state index contributed by atoms with van der Waals surface area (Å²) in [5, 5.41) is 8.18. The average molecular weight is 212 g/mol. The Bertz CT molecular complexity index is 308. The van der Waals surface area contributed by atoms with E-state index in [2.05, 4.69) is 28.6 Å². The van der Waals surface area contributed by atoms with Crippen LogP contribution in [0.2, 0.25) is 0 Å². The molecule has 0 spiro atoms. The Morgan fingerprint density at radius 3 is 2.60 bits per heavy atom. The van der Waals surface area contributed by atoms with Crippen LogP contribution in [0.3, 0.4) is 0 Å². The van der Waals surface area contributed by atoms with Gasteiger partial charge in [-0.2, -0.15) is 0 Å². The van der Waals surface area contributed by atoms with Gasteiger partial charge in [0.15, 0.2) is 0 Å². The maximum atomic E-state index is 6.03. The van der Waals surface area contributed by atoms with E-state index in [0.717, 1.165) is 18.1 Å². The van der Waals surface area contributed by atoms with Crippen LogP contribution in [-0.2, 0) is 4.74 Å². The lowest BCUT2D eigenvalue weighted by molar-refractivity contribution is 0.186. The monoisotopic (exact) mass is 212 g/mol. The van der Waals surface area contributed by atoms with Crippen molar-refractivity contribution >= 4 is 0 Å². The first-order valence-electron chi connectivity index (χ1n) is 5.23. The van der Waals surface area contributed by atoms with Gasteiger partial charge in [-0.15, -0.1) is 10.2 Å². The highest BCUT2D eigenvalue weighted by Gasteiger charge is 2.17. The molecule has 1 unspecified atom stereocenters. The second-order valence-electron chi connectivity index (χ2n) is 3.96. The molecule has 0 aromatic carbocycles. The summed E-state index contributed by atoms with van der Waals surface area (Å²) in [6.07, 6.45) is 0.765. The second-order valence-corrected chi connectivity index (χ2v) is 3.96. The first-order valence-corrected chi connectivity index (χ1v) is 5.23. The number of aromatic nitrogens is 3. The lowest BCUT2D eigenvalue weighted by Gasteiger charge is -2.16. The van der Waals surface area contributed by atoms with Crippen LogP contribution in [0.15, 0.2) is 0 Å². The number of aryl methyl sites for hydroxylation is 1. The van der Waals surface area contributed by atoms with Crippen molar-refractivity contribution in [2.75, 3.05) is 13.7 Å². The number of hydrogen-bond donors (Lipinski definition) is 1. The summed E-state index contributed by atoms with van der Waals surface area (Å²) in [5.41, 5.74) is 6.03. The minimum Gasteiger partial charge on any atom is -0.385 e. The number of methoxy groups -OCH3 is 1. The Morgan fingerprint density at radius 2 is 2.07 bits per heavy atom. The Labute approximate surface area is 90.6 Å². The van der Waals surface area contributed by atoms with E-state index in [9.17, 15) is 0 Å². The molecular weight excluding hydrogens is 192 g/mol. The fourth-order valence-electron chi connectivity index (χ4n) is 1.65. The van der Waals surface area contributed by atoms with Crippen LogP contribution < -0.4 is 5.73 Å². The number of nitrogens with zero attached hydrogens (tertiary/aromatic N) is 3. The van der Waals surface area contributed by atoms with E-state index in [1.165, 1.54) is 0 Å². The van der Waals surface area contributed by atoms with Crippen LogP contribution in [0.1, 0.15) is 44.0 Å². The minimum atomic E-state index is -0.103. The fourth-order valence-corrected chi connectivity index (χ4v) is 1.65. The number of ether oxygens (including phenoxy) is 1. The van der Waals surface area contributed by atoms with Gasteiger partial charge < -0.3 is 15.0 Å². The van der Waals surface area contributed by atoms with E-state index in [-0.39, 0.29) is 6.04 Å². The third kappa shape index (κ3) is 2.76. The molecule has 2 N–H and O–H groups in total. The standard InChI is InChI=1S/C10H20N4O/c1-7(2)14-8(3)12-13-10(14)9(11)5-6-15-4/h7,9H,5-6,11H2,1-4H3. The molecule has 15 heavy (non-hydrogen) atoms. The summed E-state index contributed by atoms with van der Waals surface area (Å²) in [6, 6.07) is 0.233. The predicted molar refractivity (Wildman–Crippen MR) is 58.6 cm³/mol. The molecule has 5 heteroatoms. The highest BCUT2D eigenvalue weighted by Crippen LogP contribution is 2.17. The Hall–Kier alpha value is -0.940. The molecule has 0 radical (unpaired) electrons. The van der Waals surface area contributed by atoms with Crippen molar-refractivity contribution in [1.82, 2.24) is 14.8 Å². The number of nitrogens with two attached hydrogens (primary N) is 1. The molecule has 86 valence electrons. The molecule has 0 aliphatic heterocycles. The summed E-state index contributed by atoms with van der Waals surface area (Å²) in [6.45, 7) is 6.79. The van der Waals surface area contributed by atoms with Crippen LogP contribution >= 0.6 is 0 Å². The van der Waals surface area contributed by atoms with Crippen LogP contribution in [0.5, 0.6) is 0 Å². The molecule has 1 atom stereocenters. The molecule has 0 saturated heterocycles. The van der Waals surface area contributed by atoms with E-state index in [1.807, 2.05) is 6.92 Å². The van der Waals surface area contributed by atoms with Crippen molar-refractivity contribution in [2.45, 2.75) is 39.3 Å². The van der Waals surface area contributed by atoms with Crippen molar-refractivity contribution in [3.05, 3.63) is 11.6 Å². The minimum absolute atomic E-state index is 0.103. The van der Waals surface area contributed by atoms with E-state index in [1.54, 1.807) is 7.11 Å². The maximum absolute atomic E-state index is 6.03. The van der Waals surface area contributed by atoms with Gasteiger partial charge in [-0.25, -0.2) is 0 Å².